The molecule has 10 heteroatoms. The lowest BCUT2D eigenvalue weighted by atomic mass is 9.90. The average Bonchev–Trinajstić information content (AvgIpc) is 3.37. The van der Waals surface area contributed by atoms with Gasteiger partial charge in [0.2, 0.25) is 0 Å². The third-order valence-electron chi connectivity index (χ3n) is 6.42. The van der Waals surface area contributed by atoms with Gasteiger partial charge in [-0.05, 0) is 75.1 Å². The number of nitrogens with zero attached hydrogens (tertiary/aromatic N) is 2. The molecule has 2 heterocycles. The number of rotatable bonds is 9. The second-order valence-corrected chi connectivity index (χ2v) is 11.6. The maximum absolute atomic E-state index is 13.2. The van der Waals surface area contributed by atoms with E-state index in [1.807, 2.05) is 11.0 Å². The smallest absolute Gasteiger partial charge is 0.303 e. The minimum atomic E-state index is -0.888. The summed E-state index contributed by atoms with van der Waals surface area (Å²) in [6.45, 7) is 1.65. The molecule has 1 unspecified atom stereocenters. The summed E-state index contributed by atoms with van der Waals surface area (Å²) in [5.41, 5.74) is 2.08. The van der Waals surface area contributed by atoms with Crippen LogP contribution >= 0.6 is 43.6 Å². The van der Waals surface area contributed by atoms with Crippen molar-refractivity contribution in [1.29, 1.82) is 0 Å². The van der Waals surface area contributed by atoms with Gasteiger partial charge < -0.3 is 19.8 Å². The van der Waals surface area contributed by atoms with Gasteiger partial charge in [0.05, 0.1) is 17.1 Å². The summed E-state index contributed by atoms with van der Waals surface area (Å²) in [6.07, 6.45) is 3.33. The third kappa shape index (κ3) is 6.63. The van der Waals surface area contributed by atoms with E-state index in [1.54, 1.807) is 6.07 Å². The van der Waals surface area contributed by atoms with Crippen molar-refractivity contribution in [2.45, 2.75) is 38.1 Å². The van der Waals surface area contributed by atoms with Crippen LogP contribution < -0.4 is 4.74 Å². The number of aromatic hydroxyl groups is 1. The standard InChI is InChI=1S/C26H28Br2N2O5S/c27-19-14-18(24(22(28)23(19)33)35-12-4-7-21(31)32)20-15-36-25(29-20)26(34)30-10-8-17(9-11-30)13-16-5-2-1-3-6-16/h1-3,5-6,14,17,20,33H,4,7-13,15H2,(H,31,32). The summed E-state index contributed by atoms with van der Waals surface area (Å²) in [7, 11) is 0. The van der Waals surface area contributed by atoms with Crippen LogP contribution in [0.3, 0.4) is 0 Å². The molecule has 2 aromatic carbocycles. The van der Waals surface area contributed by atoms with E-state index < -0.39 is 5.97 Å². The Morgan fingerprint density at radius 1 is 1.17 bits per heavy atom. The molecule has 2 N–H and O–H groups in total. The Balaban J connectivity index is 1.41. The zero-order valence-corrected chi connectivity index (χ0v) is 23.6. The van der Waals surface area contributed by atoms with Gasteiger partial charge in [-0.3, -0.25) is 14.6 Å². The molecule has 192 valence electrons. The van der Waals surface area contributed by atoms with Crippen molar-refractivity contribution >= 4 is 60.5 Å². The lowest BCUT2D eigenvalue weighted by Gasteiger charge is -2.32. The van der Waals surface area contributed by atoms with Crippen LogP contribution in [0.15, 0.2) is 50.3 Å². The number of piperidine rings is 1. The van der Waals surface area contributed by atoms with Crippen molar-refractivity contribution in [3.05, 3.63) is 56.5 Å². The van der Waals surface area contributed by atoms with E-state index in [1.165, 1.54) is 17.3 Å². The number of halogens is 2. The molecule has 0 spiro atoms. The van der Waals surface area contributed by atoms with E-state index in [0.717, 1.165) is 37.9 Å². The van der Waals surface area contributed by atoms with Crippen molar-refractivity contribution in [2.75, 3.05) is 25.4 Å². The molecular formula is C26H28Br2N2O5S. The number of ether oxygens (including phenoxy) is 1. The van der Waals surface area contributed by atoms with Crippen LogP contribution in [0.4, 0.5) is 0 Å². The van der Waals surface area contributed by atoms with Crippen molar-refractivity contribution in [3.8, 4) is 11.5 Å². The molecule has 1 fully saturated rings. The maximum Gasteiger partial charge on any atom is 0.303 e. The van der Waals surface area contributed by atoms with Gasteiger partial charge in [-0.15, -0.1) is 0 Å². The predicted molar refractivity (Wildman–Crippen MR) is 148 cm³/mol. The lowest BCUT2D eigenvalue weighted by Crippen LogP contribution is -2.41. The molecule has 0 bridgehead atoms. The van der Waals surface area contributed by atoms with Crippen molar-refractivity contribution in [2.24, 2.45) is 10.9 Å². The van der Waals surface area contributed by atoms with Crippen LogP contribution in [0.2, 0.25) is 0 Å². The fourth-order valence-electron chi connectivity index (χ4n) is 4.47. The molecule has 0 saturated carbocycles. The molecule has 0 radical (unpaired) electrons. The Labute approximate surface area is 231 Å². The highest BCUT2D eigenvalue weighted by Crippen LogP contribution is 2.47. The van der Waals surface area contributed by atoms with Crippen LogP contribution in [-0.4, -0.2) is 57.5 Å². The second kappa shape index (κ2) is 12.5. The number of carbonyl (C=O) groups excluding carboxylic acids is 1. The Bertz CT molecular complexity index is 1140. The van der Waals surface area contributed by atoms with Crippen LogP contribution in [0.1, 0.15) is 42.9 Å². The van der Waals surface area contributed by atoms with E-state index in [9.17, 15) is 14.7 Å². The van der Waals surface area contributed by atoms with E-state index in [0.29, 0.717) is 37.8 Å². The number of aliphatic carboxylic acids is 1. The zero-order chi connectivity index (χ0) is 25.7. The first-order valence-electron chi connectivity index (χ1n) is 11.9. The third-order valence-corrected chi connectivity index (χ3v) is 8.80. The number of phenols is 1. The minimum Gasteiger partial charge on any atom is -0.505 e. The first-order valence-corrected chi connectivity index (χ1v) is 14.5. The normalized spacial score (nSPS) is 18.2. The fourth-order valence-corrected chi connectivity index (χ4v) is 6.77. The number of amides is 1. The number of carbonyl (C=O) groups is 2. The Morgan fingerprint density at radius 2 is 1.89 bits per heavy atom. The van der Waals surface area contributed by atoms with Gasteiger partial charge in [0, 0.05) is 30.8 Å². The number of hydrogen-bond acceptors (Lipinski definition) is 6. The number of thioether (sulfide) groups is 1. The molecule has 2 aliphatic rings. The molecule has 36 heavy (non-hydrogen) atoms. The predicted octanol–water partition coefficient (Wildman–Crippen LogP) is 5.83. The van der Waals surface area contributed by atoms with E-state index in [2.05, 4.69) is 56.1 Å². The quantitative estimate of drug-likeness (QED) is 0.335. The van der Waals surface area contributed by atoms with Gasteiger partial charge in [0.25, 0.3) is 5.91 Å². The number of carboxylic acids is 1. The van der Waals surface area contributed by atoms with Gasteiger partial charge in [-0.1, -0.05) is 42.1 Å². The minimum absolute atomic E-state index is 0.00344. The summed E-state index contributed by atoms with van der Waals surface area (Å²) in [5, 5.41) is 19.7. The molecule has 1 saturated heterocycles. The Kier molecular flexibility index (Phi) is 9.35. The first-order chi connectivity index (χ1) is 17.3. The number of phenolic OH excluding ortho intramolecular Hbond substituents is 1. The van der Waals surface area contributed by atoms with Gasteiger partial charge >= 0.3 is 5.97 Å². The first kappa shape index (κ1) is 27.0. The zero-order valence-electron chi connectivity index (χ0n) is 19.7. The largest absolute Gasteiger partial charge is 0.505 e. The Morgan fingerprint density at radius 3 is 2.58 bits per heavy atom. The molecule has 1 atom stereocenters. The second-order valence-electron chi connectivity index (χ2n) is 8.97. The number of carboxylic acid groups (broad SMARTS) is 1. The summed E-state index contributed by atoms with van der Waals surface area (Å²) in [6, 6.07) is 11.9. The maximum atomic E-state index is 13.2. The van der Waals surface area contributed by atoms with Gasteiger partial charge in [-0.25, -0.2) is 0 Å². The molecule has 7 nitrogen and oxygen atoms in total. The average molecular weight is 640 g/mol. The highest BCUT2D eigenvalue weighted by molar-refractivity contribution is 9.11. The van der Waals surface area contributed by atoms with E-state index >= 15 is 0 Å². The molecule has 2 aromatic rings. The molecule has 1 amide bonds. The van der Waals surface area contributed by atoms with Gasteiger partial charge in [-0.2, -0.15) is 0 Å². The van der Waals surface area contributed by atoms with Gasteiger partial charge in [0.15, 0.2) is 5.04 Å². The molecular weight excluding hydrogens is 612 g/mol. The number of likely N-dealkylation sites (tertiary alicyclic amines) is 1. The SMILES string of the molecule is O=C(O)CCCOc1c(C2CSC(C(=O)N3CCC(Cc4ccccc4)CC3)=N2)cc(Br)c(O)c1Br. The number of hydrogen-bond donors (Lipinski definition) is 2. The van der Waals surface area contributed by atoms with E-state index in [-0.39, 0.29) is 30.7 Å². The summed E-state index contributed by atoms with van der Waals surface area (Å²) >= 11 is 8.21. The van der Waals surface area contributed by atoms with Crippen molar-refractivity contribution in [1.82, 2.24) is 4.90 Å². The lowest BCUT2D eigenvalue weighted by molar-refractivity contribution is -0.137. The number of benzene rings is 2. The highest BCUT2D eigenvalue weighted by atomic mass is 79.9. The number of aliphatic imine (C=N–C) groups is 1. The van der Waals surface area contributed by atoms with Crippen LogP contribution in [0.5, 0.6) is 11.5 Å². The summed E-state index contributed by atoms with van der Waals surface area (Å²) in [4.78, 5) is 30.7. The molecule has 4 rings (SSSR count). The summed E-state index contributed by atoms with van der Waals surface area (Å²) in [5.74, 6) is 0.667. The van der Waals surface area contributed by atoms with Crippen molar-refractivity contribution < 1.29 is 24.5 Å². The molecule has 2 aliphatic heterocycles. The molecule has 0 aliphatic carbocycles. The van der Waals surface area contributed by atoms with Crippen LogP contribution in [-0.2, 0) is 16.0 Å². The summed E-state index contributed by atoms with van der Waals surface area (Å²) < 4.78 is 6.74. The van der Waals surface area contributed by atoms with Crippen LogP contribution in [0, 0.1) is 5.92 Å². The van der Waals surface area contributed by atoms with Crippen LogP contribution in [0.25, 0.3) is 0 Å². The Hall–Kier alpha value is -2.04. The van der Waals surface area contributed by atoms with Gasteiger partial charge in [0.1, 0.15) is 16.0 Å². The topological polar surface area (TPSA) is 99.4 Å². The monoisotopic (exact) mass is 638 g/mol. The fraction of sp³-hybridized carbons (Fsp3) is 0.423. The van der Waals surface area contributed by atoms with Crippen molar-refractivity contribution in [3.63, 3.8) is 0 Å². The molecule has 0 aromatic heterocycles. The highest BCUT2D eigenvalue weighted by Gasteiger charge is 2.32. The van der Waals surface area contributed by atoms with E-state index in [4.69, 9.17) is 14.8 Å².